The van der Waals surface area contributed by atoms with E-state index in [0.717, 1.165) is 24.6 Å². The summed E-state index contributed by atoms with van der Waals surface area (Å²) >= 11 is 0. The molecule has 1 aromatic rings. The van der Waals surface area contributed by atoms with E-state index in [-0.39, 0.29) is 6.61 Å². The Morgan fingerprint density at radius 3 is 2.58 bits per heavy atom. The van der Waals surface area contributed by atoms with Crippen LogP contribution in [0.1, 0.15) is 25.0 Å². The first kappa shape index (κ1) is 14.2. The summed E-state index contributed by atoms with van der Waals surface area (Å²) in [6, 6.07) is 4.05. The van der Waals surface area contributed by atoms with Gasteiger partial charge in [-0.1, -0.05) is 13.8 Å². The van der Waals surface area contributed by atoms with Crippen LogP contribution in [0.5, 0.6) is 11.5 Å². The van der Waals surface area contributed by atoms with Crippen LogP contribution in [0.25, 0.3) is 0 Å². The van der Waals surface area contributed by atoms with Gasteiger partial charge in [0.2, 0.25) is 6.79 Å². The van der Waals surface area contributed by atoms with E-state index in [9.17, 15) is 5.11 Å². The first-order valence-electron chi connectivity index (χ1n) is 6.82. The Kier molecular flexibility index (Phi) is 4.66. The van der Waals surface area contributed by atoms with Gasteiger partial charge in [0.25, 0.3) is 0 Å². The average molecular weight is 265 g/mol. The second kappa shape index (κ2) is 6.26. The lowest BCUT2D eigenvalue weighted by Gasteiger charge is -2.19. The van der Waals surface area contributed by atoms with Crippen molar-refractivity contribution in [3.63, 3.8) is 0 Å². The van der Waals surface area contributed by atoms with Gasteiger partial charge in [-0.2, -0.15) is 0 Å². The summed E-state index contributed by atoms with van der Waals surface area (Å²) in [6.07, 6.45) is 0. The van der Waals surface area contributed by atoms with Crippen LogP contribution in [0.2, 0.25) is 0 Å². The van der Waals surface area contributed by atoms with Crippen LogP contribution in [-0.4, -0.2) is 25.1 Å². The lowest BCUT2D eigenvalue weighted by Crippen LogP contribution is -2.28. The van der Waals surface area contributed by atoms with Gasteiger partial charge in [-0.3, -0.25) is 0 Å². The molecule has 0 spiro atoms. The average Bonchev–Trinajstić information content (AvgIpc) is 2.81. The van der Waals surface area contributed by atoms with Crippen molar-refractivity contribution in [2.75, 3.05) is 19.9 Å². The third-order valence-corrected chi connectivity index (χ3v) is 3.73. The highest BCUT2D eigenvalue weighted by atomic mass is 16.7. The fourth-order valence-electron chi connectivity index (χ4n) is 2.18. The Balaban J connectivity index is 1.93. The minimum absolute atomic E-state index is 0.227. The number of fused-ring (bicyclic) bond motifs is 1. The second-order valence-electron chi connectivity index (χ2n) is 5.45. The number of hydrogen-bond donors (Lipinski definition) is 2. The van der Waals surface area contributed by atoms with Gasteiger partial charge in [0, 0.05) is 19.7 Å². The van der Waals surface area contributed by atoms with Gasteiger partial charge in [-0.25, -0.2) is 0 Å². The normalized spacial score (nSPS) is 15.0. The molecule has 106 valence electrons. The van der Waals surface area contributed by atoms with Crippen molar-refractivity contribution in [2.24, 2.45) is 11.8 Å². The van der Waals surface area contributed by atoms with Crippen molar-refractivity contribution in [2.45, 2.75) is 27.3 Å². The fraction of sp³-hybridized carbons (Fsp3) is 0.600. The first-order valence-corrected chi connectivity index (χ1v) is 6.82. The van der Waals surface area contributed by atoms with Crippen molar-refractivity contribution < 1.29 is 14.6 Å². The van der Waals surface area contributed by atoms with E-state index in [1.54, 1.807) is 0 Å². The molecule has 0 aliphatic carbocycles. The van der Waals surface area contributed by atoms with Gasteiger partial charge in [0.05, 0.1) is 0 Å². The Hall–Kier alpha value is -1.26. The van der Waals surface area contributed by atoms with Crippen LogP contribution in [-0.2, 0) is 6.54 Å². The first-order chi connectivity index (χ1) is 9.11. The molecule has 1 atom stereocenters. The number of aliphatic hydroxyl groups excluding tert-OH is 1. The second-order valence-corrected chi connectivity index (χ2v) is 5.45. The van der Waals surface area contributed by atoms with Crippen LogP contribution in [0.15, 0.2) is 12.1 Å². The highest BCUT2D eigenvalue weighted by Crippen LogP contribution is 2.34. The lowest BCUT2D eigenvalue weighted by atomic mass is 9.96. The van der Waals surface area contributed by atoms with Crippen LogP contribution < -0.4 is 14.8 Å². The molecular weight excluding hydrogens is 242 g/mol. The molecular formula is C15H23NO3. The predicted octanol–water partition coefficient (Wildman–Crippen LogP) is 2.08. The number of rotatable bonds is 6. The fourth-order valence-corrected chi connectivity index (χ4v) is 2.18. The van der Waals surface area contributed by atoms with Gasteiger partial charge in [-0.05, 0) is 42.0 Å². The molecule has 0 aromatic heterocycles. The number of aryl methyl sites for hydroxylation is 1. The maximum absolute atomic E-state index is 9.30. The van der Waals surface area contributed by atoms with E-state index in [4.69, 9.17) is 9.47 Å². The van der Waals surface area contributed by atoms with Gasteiger partial charge in [-0.15, -0.1) is 0 Å². The number of ether oxygens (including phenoxy) is 2. The number of aliphatic hydroxyl groups is 1. The minimum atomic E-state index is 0.227. The summed E-state index contributed by atoms with van der Waals surface area (Å²) in [4.78, 5) is 0. The summed E-state index contributed by atoms with van der Waals surface area (Å²) in [7, 11) is 0. The third-order valence-electron chi connectivity index (χ3n) is 3.73. The third kappa shape index (κ3) is 3.39. The SMILES string of the molecule is Cc1cc2c(cc1CNCC(CO)C(C)C)OCO2. The van der Waals surface area contributed by atoms with Crippen molar-refractivity contribution >= 4 is 0 Å². The highest BCUT2D eigenvalue weighted by molar-refractivity contribution is 5.48. The molecule has 1 aromatic carbocycles. The molecule has 1 aliphatic heterocycles. The number of benzene rings is 1. The quantitative estimate of drug-likeness (QED) is 0.827. The van der Waals surface area contributed by atoms with Crippen molar-refractivity contribution in [1.82, 2.24) is 5.32 Å². The van der Waals surface area contributed by atoms with Gasteiger partial charge in [0.15, 0.2) is 11.5 Å². The largest absolute Gasteiger partial charge is 0.454 e. The highest BCUT2D eigenvalue weighted by Gasteiger charge is 2.16. The smallest absolute Gasteiger partial charge is 0.231 e. The van der Waals surface area contributed by atoms with Gasteiger partial charge in [0.1, 0.15) is 0 Å². The summed E-state index contributed by atoms with van der Waals surface area (Å²) in [5.41, 5.74) is 2.41. The molecule has 0 saturated heterocycles. The Morgan fingerprint density at radius 1 is 1.26 bits per heavy atom. The van der Waals surface area contributed by atoms with E-state index in [1.165, 1.54) is 11.1 Å². The zero-order valence-electron chi connectivity index (χ0n) is 11.9. The van der Waals surface area contributed by atoms with Crippen molar-refractivity contribution in [3.05, 3.63) is 23.3 Å². The predicted molar refractivity (Wildman–Crippen MR) is 74.4 cm³/mol. The van der Waals surface area contributed by atoms with E-state index >= 15 is 0 Å². The van der Waals surface area contributed by atoms with Crippen LogP contribution >= 0.6 is 0 Å². The van der Waals surface area contributed by atoms with Gasteiger partial charge < -0.3 is 19.9 Å². The Labute approximate surface area is 114 Å². The molecule has 0 fully saturated rings. The Bertz CT molecular complexity index is 432. The molecule has 4 nitrogen and oxygen atoms in total. The van der Waals surface area contributed by atoms with E-state index < -0.39 is 0 Å². The molecule has 4 heteroatoms. The molecule has 2 N–H and O–H groups in total. The Morgan fingerprint density at radius 2 is 1.95 bits per heavy atom. The maximum atomic E-state index is 9.30. The van der Waals surface area contributed by atoms with Crippen LogP contribution in [0.4, 0.5) is 0 Å². The lowest BCUT2D eigenvalue weighted by molar-refractivity contribution is 0.174. The molecule has 0 radical (unpaired) electrons. The van der Waals surface area contributed by atoms with Gasteiger partial charge >= 0.3 is 0 Å². The molecule has 2 rings (SSSR count). The zero-order chi connectivity index (χ0) is 13.8. The van der Waals surface area contributed by atoms with E-state index in [1.807, 2.05) is 12.1 Å². The summed E-state index contributed by atoms with van der Waals surface area (Å²) in [5, 5.41) is 12.7. The summed E-state index contributed by atoms with van der Waals surface area (Å²) in [5.74, 6) is 2.44. The summed E-state index contributed by atoms with van der Waals surface area (Å²) in [6.45, 7) is 8.48. The van der Waals surface area contributed by atoms with Crippen LogP contribution in [0, 0.1) is 18.8 Å². The number of hydrogen-bond acceptors (Lipinski definition) is 4. The van der Waals surface area contributed by atoms with Crippen molar-refractivity contribution in [1.29, 1.82) is 0 Å². The molecule has 1 aliphatic rings. The van der Waals surface area contributed by atoms with Crippen molar-refractivity contribution in [3.8, 4) is 11.5 Å². The minimum Gasteiger partial charge on any atom is -0.454 e. The molecule has 0 amide bonds. The molecule has 1 heterocycles. The molecule has 0 saturated carbocycles. The topological polar surface area (TPSA) is 50.7 Å². The maximum Gasteiger partial charge on any atom is 0.231 e. The zero-order valence-corrected chi connectivity index (χ0v) is 11.9. The van der Waals surface area contributed by atoms with E-state index in [0.29, 0.717) is 18.6 Å². The molecule has 0 bridgehead atoms. The number of nitrogens with one attached hydrogen (secondary N) is 1. The van der Waals surface area contributed by atoms with Crippen LogP contribution in [0.3, 0.4) is 0 Å². The van der Waals surface area contributed by atoms with E-state index in [2.05, 4.69) is 26.1 Å². The molecule has 19 heavy (non-hydrogen) atoms. The standard InChI is InChI=1S/C15H23NO3/c1-10(2)13(8-17)7-16-6-12-5-15-14(4-11(12)3)18-9-19-15/h4-5,10,13,16-17H,6-9H2,1-3H3. The summed E-state index contributed by atoms with van der Waals surface area (Å²) < 4.78 is 10.7. The molecule has 1 unspecified atom stereocenters. The monoisotopic (exact) mass is 265 g/mol.